The maximum absolute atomic E-state index is 5.57. The number of benzene rings is 1. The van der Waals surface area contributed by atoms with Gasteiger partial charge in [-0.15, -0.1) is 0 Å². The van der Waals surface area contributed by atoms with Crippen LogP contribution in [0.5, 0.6) is 0 Å². The average molecular weight is 459 g/mol. The minimum absolute atomic E-state index is 0.304. The number of rotatable bonds is 5. The van der Waals surface area contributed by atoms with Gasteiger partial charge in [-0.2, -0.15) is 4.98 Å². The Hall–Kier alpha value is -3.19. The molecule has 1 atom stereocenters. The standard InChI is InChI=1S/C27H34N6O/c1-4-22-7-9-23(10-8-22)24-18-25(30-27(29-24)31-14-16-34-17-15-31)33-13-12-32(19-21(33)3)26-20(2)6-5-11-28-26/h5-11,18,21H,4,12-17,19H2,1-3H3/t21-/m1/s1. The second-order valence-corrected chi connectivity index (χ2v) is 9.19. The molecule has 1 aromatic carbocycles. The first-order chi connectivity index (χ1) is 16.6. The van der Waals surface area contributed by atoms with Crippen molar-refractivity contribution >= 4 is 17.6 Å². The highest BCUT2D eigenvalue weighted by Gasteiger charge is 2.28. The van der Waals surface area contributed by atoms with E-state index in [1.807, 2.05) is 12.3 Å². The molecule has 2 aliphatic rings. The molecule has 7 heteroatoms. The number of hydrogen-bond acceptors (Lipinski definition) is 7. The third kappa shape index (κ3) is 4.71. The van der Waals surface area contributed by atoms with E-state index in [2.05, 4.69) is 76.9 Å². The van der Waals surface area contributed by atoms with Gasteiger partial charge in [0.2, 0.25) is 5.95 Å². The molecule has 7 nitrogen and oxygen atoms in total. The fourth-order valence-electron chi connectivity index (χ4n) is 4.83. The van der Waals surface area contributed by atoms with E-state index in [1.165, 1.54) is 11.1 Å². The van der Waals surface area contributed by atoms with Crippen molar-refractivity contribution in [1.82, 2.24) is 15.0 Å². The Morgan fingerprint density at radius 1 is 0.971 bits per heavy atom. The second-order valence-electron chi connectivity index (χ2n) is 9.19. The van der Waals surface area contributed by atoms with Gasteiger partial charge in [0.05, 0.1) is 18.9 Å². The molecule has 178 valence electrons. The molecule has 4 heterocycles. The van der Waals surface area contributed by atoms with Crippen molar-refractivity contribution in [1.29, 1.82) is 0 Å². The van der Waals surface area contributed by atoms with Crippen molar-refractivity contribution in [3.63, 3.8) is 0 Å². The van der Waals surface area contributed by atoms with Gasteiger partial charge in [-0.3, -0.25) is 0 Å². The van der Waals surface area contributed by atoms with Crippen molar-refractivity contribution in [2.75, 3.05) is 60.6 Å². The summed E-state index contributed by atoms with van der Waals surface area (Å²) in [7, 11) is 0. The zero-order valence-corrected chi connectivity index (χ0v) is 20.4. The smallest absolute Gasteiger partial charge is 0.228 e. The number of piperazine rings is 1. The highest BCUT2D eigenvalue weighted by Crippen LogP contribution is 2.29. The van der Waals surface area contributed by atoms with Crippen LogP contribution in [0.25, 0.3) is 11.3 Å². The normalized spacial score (nSPS) is 18.9. The Kier molecular flexibility index (Phi) is 6.63. The van der Waals surface area contributed by atoms with Gasteiger partial charge >= 0.3 is 0 Å². The Morgan fingerprint density at radius 2 is 1.76 bits per heavy atom. The molecule has 0 radical (unpaired) electrons. The van der Waals surface area contributed by atoms with Gasteiger partial charge in [-0.1, -0.05) is 37.3 Å². The first-order valence-corrected chi connectivity index (χ1v) is 12.4. The van der Waals surface area contributed by atoms with E-state index in [4.69, 9.17) is 14.7 Å². The molecular formula is C27H34N6O. The number of aryl methyl sites for hydroxylation is 2. The first-order valence-electron chi connectivity index (χ1n) is 12.4. The molecule has 34 heavy (non-hydrogen) atoms. The van der Waals surface area contributed by atoms with E-state index in [0.717, 1.165) is 68.0 Å². The fraction of sp³-hybridized carbons (Fsp3) is 0.444. The van der Waals surface area contributed by atoms with Crippen LogP contribution in [0.1, 0.15) is 25.0 Å². The van der Waals surface area contributed by atoms with E-state index in [-0.39, 0.29) is 0 Å². The van der Waals surface area contributed by atoms with Gasteiger partial charge in [-0.05, 0) is 37.5 Å². The summed E-state index contributed by atoms with van der Waals surface area (Å²) in [5, 5.41) is 0. The number of aromatic nitrogens is 3. The molecule has 2 aromatic heterocycles. The van der Waals surface area contributed by atoms with Crippen LogP contribution in [-0.2, 0) is 11.2 Å². The Labute approximate surface area is 202 Å². The molecular weight excluding hydrogens is 424 g/mol. The first kappa shape index (κ1) is 22.6. The Morgan fingerprint density at radius 3 is 2.47 bits per heavy atom. The summed E-state index contributed by atoms with van der Waals surface area (Å²) in [4.78, 5) is 21.7. The predicted molar refractivity (Wildman–Crippen MR) is 138 cm³/mol. The molecule has 0 N–H and O–H groups in total. The molecule has 0 unspecified atom stereocenters. The summed E-state index contributed by atoms with van der Waals surface area (Å²) < 4.78 is 5.57. The number of morpholine rings is 1. The van der Waals surface area contributed by atoms with Crippen LogP contribution >= 0.6 is 0 Å². The number of hydrogen-bond donors (Lipinski definition) is 0. The molecule has 2 saturated heterocycles. The van der Waals surface area contributed by atoms with Crippen LogP contribution in [-0.4, -0.2) is 66.9 Å². The third-order valence-corrected chi connectivity index (χ3v) is 6.86. The highest BCUT2D eigenvalue weighted by molar-refractivity contribution is 5.66. The maximum atomic E-state index is 5.57. The SMILES string of the molecule is CCc1ccc(-c2cc(N3CCN(c4ncccc4C)C[C@H]3C)nc(N3CCOCC3)n2)cc1. The largest absolute Gasteiger partial charge is 0.378 e. The molecule has 2 aliphatic heterocycles. The fourth-order valence-corrected chi connectivity index (χ4v) is 4.83. The van der Waals surface area contributed by atoms with Crippen LogP contribution < -0.4 is 14.7 Å². The number of pyridine rings is 1. The predicted octanol–water partition coefficient (Wildman–Crippen LogP) is 3.96. The number of anilines is 3. The van der Waals surface area contributed by atoms with Gasteiger partial charge < -0.3 is 19.4 Å². The summed E-state index contributed by atoms with van der Waals surface area (Å²) in [5.74, 6) is 2.88. The Bertz CT molecular complexity index is 1110. The zero-order valence-electron chi connectivity index (χ0n) is 20.4. The van der Waals surface area contributed by atoms with Gasteiger partial charge in [0.1, 0.15) is 11.6 Å². The van der Waals surface area contributed by atoms with Crippen LogP contribution in [0, 0.1) is 6.92 Å². The zero-order chi connectivity index (χ0) is 23.5. The molecule has 0 bridgehead atoms. The second kappa shape index (κ2) is 9.97. The lowest BCUT2D eigenvalue weighted by Crippen LogP contribution is -2.53. The lowest BCUT2D eigenvalue weighted by atomic mass is 10.1. The van der Waals surface area contributed by atoms with Crippen LogP contribution in [0.3, 0.4) is 0 Å². The van der Waals surface area contributed by atoms with Crippen molar-refractivity contribution in [2.24, 2.45) is 0 Å². The molecule has 0 aliphatic carbocycles. The van der Waals surface area contributed by atoms with E-state index in [9.17, 15) is 0 Å². The van der Waals surface area contributed by atoms with Gasteiger partial charge in [0, 0.05) is 56.6 Å². The quantitative estimate of drug-likeness (QED) is 0.574. The highest BCUT2D eigenvalue weighted by atomic mass is 16.5. The minimum Gasteiger partial charge on any atom is -0.378 e. The number of nitrogens with zero attached hydrogens (tertiary/aromatic N) is 6. The lowest BCUT2D eigenvalue weighted by Gasteiger charge is -2.41. The van der Waals surface area contributed by atoms with Crippen molar-refractivity contribution in [3.05, 3.63) is 59.8 Å². The summed E-state index contributed by atoms with van der Waals surface area (Å²) in [5.41, 5.74) is 4.66. The van der Waals surface area contributed by atoms with Gasteiger partial charge in [0.25, 0.3) is 0 Å². The van der Waals surface area contributed by atoms with E-state index < -0.39 is 0 Å². The monoisotopic (exact) mass is 458 g/mol. The summed E-state index contributed by atoms with van der Waals surface area (Å²) in [6.45, 7) is 12.4. The van der Waals surface area contributed by atoms with Crippen molar-refractivity contribution < 1.29 is 4.74 Å². The Balaban J connectivity index is 1.45. The summed E-state index contributed by atoms with van der Waals surface area (Å²) in [6.07, 6.45) is 2.92. The third-order valence-electron chi connectivity index (χ3n) is 6.86. The molecule has 2 fully saturated rings. The molecule has 0 saturated carbocycles. The van der Waals surface area contributed by atoms with E-state index in [0.29, 0.717) is 19.3 Å². The minimum atomic E-state index is 0.304. The molecule has 5 rings (SSSR count). The molecule has 3 aromatic rings. The molecule has 0 spiro atoms. The topological polar surface area (TPSA) is 57.6 Å². The van der Waals surface area contributed by atoms with Crippen molar-refractivity contribution in [3.8, 4) is 11.3 Å². The van der Waals surface area contributed by atoms with Crippen molar-refractivity contribution in [2.45, 2.75) is 33.2 Å². The summed E-state index contributed by atoms with van der Waals surface area (Å²) >= 11 is 0. The van der Waals surface area contributed by atoms with Crippen LogP contribution in [0.2, 0.25) is 0 Å². The average Bonchev–Trinajstić information content (AvgIpc) is 2.89. The lowest BCUT2D eigenvalue weighted by molar-refractivity contribution is 0.122. The maximum Gasteiger partial charge on any atom is 0.228 e. The summed E-state index contributed by atoms with van der Waals surface area (Å²) in [6, 6.07) is 15.3. The molecule has 0 amide bonds. The van der Waals surface area contributed by atoms with Gasteiger partial charge in [-0.25, -0.2) is 9.97 Å². The van der Waals surface area contributed by atoms with E-state index in [1.54, 1.807) is 0 Å². The number of ether oxygens (including phenoxy) is 1. The van der Waals surface area contributed by atoms with E-state index >= 15 is 0 Å². The van der Waals surface area contributed by atoms with Gasteiger partial charge in [0.15, 0.2) is 0 Å². The van der Waals surface area contributed by atoms with Crippen LogP contribution in [0.15, 0.2) is 48.7 Å². The van der Waals surface area contributed by atoms with Crippen LogP contribution in [0.4, 0.5) is 17.6 Å².